The maximum Gasteiger partial charge on any atom is 0.305 e. The molecule has 1 aliphatic heterocycles. The molecule has 1 aromatic carbocycles. The molecule has 1 heterocycles. The van der Waals surface area contributed by atoms with Gasteiger partial charge in [0.1, 0.15) is 0 Å². The van der Waals surface area contributed by atoms with E-state index in [2.05, 4.69) is 0 Å². The summed E-state index contributed by atoms with van der Waals surface area (Å²) in [5.41, 5.74) is 8.66. The summed E-state index contributed by atoms with van der Waals surface area (Å²) in [7, 11) is 0. The normalized spacial score (nSPS) is 18.0. The van der Waals surface area contributed by atoms with Crippen LogP contribution in [0.15, 0.2) is 18.2 Å². The van der Waals surface area contributed by atoms with Gasteiger partial charge in [-0.1, -0.05) is 18.2 Å². The fourth-order valence-corrected chi connectivity index (χ4v) is 2.74. The van der Waals surface area contributed by atoms with Gasteiger partial charge in [-0.05, 0) is 30.0 Å². The lowest BCUT2D eigenvalue weighted by Crippen LogP contribution is -2.44. The van der Waals surface area contributed by atoms with Crippen LogP contribution in [0.4, 0.5) is 0 Å². The minimum atomic E-state index is -0.908. The van der Waals surface area contributed by atoms with Crippen LogP contribution in [0.5, 0.6) is 0 Å². The third kappa shape index (κ3) is 2.61. The SMILES string of the molecule is Cc1cccc2c1CCN(C(=O)CN)C2CC(=O)O. The number of aliphatic carboxylic acids is 1. The first-order chi connectivity index (χ1) is 9.04. The summed E-state index contributed by atoms with van der Waals surface area (Å²) in [6, 6.07) is 5.42. The number of rotatable bonds is 3. The van der Waals surface area contributed by atoms with Gasteiger partial charge < -0.3 is 15.7 Å². The van der Waals surface area contributed by atoms with Crippen molar-refractivity contribution < 1.29 is 14.7 Å². The molecule has 0 saturated carbocycles. The molecule has 5 heteroatoms. The number of carboxylic acid groups (broad SMARTS) is 1. The van der Waals surface area contributed by atoms with E-state index in [9.17, 15) is 9.59 Å². The summed E-state index contributed by atoms with van der Waals surface area (Å²) in [5, 5.41) is 9.06. The number of benzene rings is 1. The molecule has 0 saturated heterocycles. The second kappa shape index (κ2) is 5.40. The summed E-state index contributed by atoms with van der Waals surface area (Å²) < 4.78 is 0. The highest BCUT2D eigenvalue weighted by atomic mass is 16.4. The van der Waals surface area contributed by atoms with Gasteiger partial charge in [0.25, 0.3) is 0 Å². The van der Waals surface area contributed by atoms with Crippen LogP contribution in [-0.2, 0) is 16.0 Å². The summed E-state index contributed by atoms with van der Waals surface area (Å²) in [6.07, 6.45) is 0.673. The average Bonchev–Trinajstić information content (AvgIpc) is 2.38. The van der Waals surface area contributed by atoms with Crippen LogP contribution in [0.3, 0.4) is 0 Å². The second-order valence-electron chi connectivity index (χ2n) is 4.80. The van der Waals surface area contributed by atoms with Crippen LogP contribution in [0.25, 0.3) is 0 Å². The fraction of sp³-hybridized carbons (Fsp3) is 0.429. The predicted molar refractivity (Wildman–Crippen MR) is 70.6 cm³/mol. The Morgan fingerprint density at radius 2 is 2.21 bits per heavy atom. The largest absolute Gasteiger partial charge is 0.481 e. The van der Waals surface area contributed by atoms with Gasteiger partial charge in [-0.25, -0.2) is 0 Å². The molecule has 0 bridgehead atoms. The molecule has 19 heavy (non-hydrogen) atoms. The Balaban J connectivity index is 2.42. The number of nitrogens with zero attached hydrogens (tertiary/aromatic N) is 1. The van der Waals surface area contributed by atoms with Crippen molar-refractivity contribution in [2.75, 3.05) is 13.1 Å². The van der Waals surface area contributed by atoms with E-state index in [0.717, 1.165) is 23.1 Å². The Hall–Kier alpha value is -1.88. The van der Waals surface area contributed by atoms with Crippen molar-refractivity contribution in [2.24, 2.45) is 5.73 Å². The molecular formula is C14H18N2O3. The van der Waals surface area contributed by atoms with Gasteiger partial charge in [-0.2, -0.15) is 0 Å². The Morgan fingerprint density at radius 3 is 2.84 bits per heavy atom. The van der Waals surface area contributed by atoms with Gasteiger partial charge in [-0.3, -0.25) is 9.59 Å². The Kier molecular flexibility index (Phi) is 3.85. The smallest absolute Gasteiger partial charge is 0.305 e. The van der Waals surface area contributed by atoms with Crippen LogP contribution < -0.4 is 5.73 Å². The quantitative estimate of drug-likeness (QED) is 0.846. The van der Waals surface area contributed by atoms with Crippen molar-refractivity contribution in [1.29, 1.82) is 0 Å². The van der Waals surface area contributed by atoms with Crippen LogP contribution in [0, 0.1) is 6.92 Å². The highest BCUT2D eigenvalue weighted by molar-refractivity contribution is 5.80. The van der Waals surface area contributed by atoms with Gasteiger partial charge in [-0.15, -0.1) is 0 Å². The number of hydrogen-bond acceptors (Lipinski definition) is 3. The lowest BCUT2D eigenvalue weighted by Gasteiger charge is -2.37. The average molecular weight is 262 g/mol. The van der Waals surface area contributed by atoms with Crippen molar-refractivity contribution >= 4 is 11.9 Å². The molecule has 1 aromatic rings. The topological polar surface area (TPSA) is 83.6 Å². The third-order valence-electron chi connectivity index (χ3n) is 3.65. The lowest BCUT2D eigenvalue weighted by molar-refractivity contribution is -0.141. The number of fused-ring (bicyclic) bond motifs is 1. The molecule has 0 aromatic heterocycles. The van der Waals surface area contributed by atoms with E-state index in [1.807, 2.05) is 25.1 Å². The van der Waals surface area contributed by atoms with E-state index < -0.39 is 12.0 Å². The Morgan fingerprint density at radius 1 is 1.47 bits per heavy atom. The molecule has 2 rings (SSSR count). The number of carboxylic acids is 1. The van der Waals surface area contributed by atoms with Crippen molar-refractivity contribution in [3.8, 4) is 0 Å². The summed E-state index contributed by atoms with van der Waals surface area (Å²) in [5.74, 6) is -1.10. The zero-order valence-corrected chi connectivity index (χ0v) is 10.9. The molecule has 102 valence electrons. The predicted octanol–water partition coefficient (Wildman–Crippen LogP) is 0.854. The molecule has 3 N–H and O–H groups in total. The number of carbonyl (C=O) groups excluding carboxylic acids is 1. The van der Waals surface area contributed by atoms with Crippen LogP contribution in [0.1, 0.15) is 29.2 Å². The summed E-state index contributed by atoms with van der Waals surface area (Å²) in [4.78, 5) is 24.5. The molecule has 0 spiro atoms. The van der Waals surface area contributed by atoms with Gasteiger partial charge in [0.15, 0.2) is 0 Å². The van der Waals surface area contributed by atoms with E-state index in [1.54, 1.807) is 4.90 Å². The monoisotopic (exact) mass is 262 g/mol. The molecular weight excluding hydrogens is 244 g/mol. The number of carbonyl (C=O) groups is 2. The second-order valence-corrected chi connectivity index (χ2v) is 4.80. The molecule has 1 unspecified atom stereocenters. The molecule has 0 aliphatic carbocycles. The van der Waals surface area contributed by atoms with Crippen LogP contribution >= 0.6 is 0 Å². The first kappa shape index (κ1) is 13.5. The van der Waals surface area contributed by atoms with E-state index in [1.165, 1.54) is 0 Å². The zero-order valence-electron chi connectivity index (χ0n) is 10.9. The number of hydrogen-bond donors (Lipinski definition) is 2. The molecule has 1 aliphatic rings. The third-order valence-corrected chi connectivity index (χ3v) is 3.65. The lowest BCUT2D eigenvalue weighted by atomic mass is 9.88. The minimum Gasteiger partial charge on any atom is -0.481 e. The highest BCUT2D eigenvalue weighted by Gasteiger charge is 2.32. The first-order valence-corrected chi connectivity index (χ1v) is 6.34. The molecule has 0 radical (unpaired) electrons. The van der Waals surface area contributed by atoms with Gasteiger partial charge in [0.2, 0.25) is 5.91 Å². The zero-order chi connectivity index (χ0) is 14.0. The number of amides is 1. The van der Waals surface area contributed by atoms with Crippen molar-refractivity contribution in [2.45, 2.75) is 25.8 Å². The number of nitrogens with two attached hydrogens (primary N) is 1. The van der Waals surface area contributed by atoms with Crippen molar-refractivity contribution in [1.82, 2.24) is 4.90 Å². The maximum atomic E-state index is 11.9. The summed E-state index contributed by atoms with van der Waals surface area (Å²) in [6.45, 7) is 2.46. The van der Waals surface area contributed by atoms with Gasteiger partial charge in [0.05, 0.1) is 19.0 Å². The van der Waals surface area contributed by atoms with E-state index in [0.29, 0.717) is 6.54 Å². The first-order valence-electron chi connectivity index (χ1n) is 6.34. The fourth-order valence-electron chi connectivity index (χ4n) is 2.74. The molecule has 1 amide bonds. The van der Waals surface area contributed by atoms with Crippen molar-refractivity contribution in [3.05, 3.63) is 34.9 Å². The minimum absolute atomic E-state index is 0.0812. The highest BCUT2D eigenvalue weighted by Crippen LogP contribution is 2.33. The van der Waals surface area contributed by atoms with E-state index in [4.69, 9.17) is 10.8 Å². The maximum absolute atomic E-state index is 11.9. The van der Waals surface area contributed by atoms with Gasteiger partial charge >= 0.3 is 5.97 Å². The number of aryl methyl sites for hydroxylation is 1. The standard InChI is InChI=1S/C14H18N2O3/c1-9-3-2-4-11-10(9)5-6-16(13(17)8-15)12(11)7-14(18)19/h2-4,12H,5-8,15H2,1H3,(H,18,19). The molecule has 0 fully saturated rings. The van der Waals surface area contributed by atoms with E-state index in [-0.39, 0.29) is 18.9 Å². The molecule has 5 nitrogen and oxygen atoms in total. The van der Waals surface area contributed by atoms with Crippen molar-refractivity contribution in [3.63, 3.8) is 0 Å². The summed E-state index contributed by atoms with van der Waals surface area (Å²) >= 11 is 0. The Bertz CT molecular complexity index is 513. The molecule has 1 atom stereocenters. The van der Waals surface area contributed by atoms with Gasteiger partial charge in [0, 0.05) is 6.54 Å². The van der Waals surface area contributed by atoms with E-state index >= 15 is 0 Å². The van der Waals surface area contributed by atoms with Crippen LogP contribution in [0.2, 0.25) is 0 Å². The van der Waals surface area contributed by atoms with Crippen LogP contribution in [-0.4, -0.2) is 35.0 Å². The Labute approximate surface area is 112 Å².